The van der Waals surface area contributed by atoms with E-state index in [2.05, 4.69) is 5.73 Å². The molecule has 0 rings (SSSR count). The molecule has 0 aliphatic rings. The number of hydrogen-bond acceptors (Lipinski definition) is 2. The molecular weight excluding hydrogens is 154 g/mol. The third kappa shape index (κ3) is 3.82. The zero-order valence-corrected chi connectivity index (χ0v) is 7.31. The molecule has 0 radical (unpaired) electrons. The number of amides is 1. The first kappa shape index (κ1) is 12.5. The van der Waals surface area contributed by atoms with Crippen LogP contribution < -0.4 is 18.1 Å². The molecule has 0 fully saturated rings. The first-order valence-corrected chi connectivity index (χ1v) is 2.98. The molecule has 0 bridgehead atoms. The number of carbonyl (C=O) groups excluding carboxylic acids is 1. The Morgan fingerprint density at radius 3 is 1.90 bits per heavy atom. The molecular formula is C6H14ClNO2. The minimum absolute atomic E-state index is 0. The maximum absolute atomic E-state index is 10.6. The number of rotatable bonds is 3. The zero-order valence-electron chi connectivity index (χ0n) is 6.56. The van der Waals surface area contributed by atoms with Gasteiger partial charge in [0.25, 0.3) is 0 Å². The first-order valence-electron chi connectivity index (χ1n) is 2.98. The van der Waals surface area contributed by atoms with Gasteiger partial charge < -0.3 is 17.1 Å². The van der Waals surface area contributed by atoms with Gasteiger partial charge in [0.1, 0.15) is 0 Å². The van der Waals surface area contributed by atoms with Crippen molar-refractivity contribution in [3.05, 3.63) is 0 Å². The van der Waals surface area contributed by atoms with Gasteiger partial charge in [0, 0.05) is 7.11 Å². The summed E-state index contributed by atoms with van der Waals surface area (Å²) >= 11 is 0. The van der Waals surface area contributed by atoms with E-state index in [1.165, 1.54) is 7.11 Å². The Bertz CT molecular complexity index is 106. The van der Waals surface area contributed by atoms with Crippen LogP contribution in [0, 0.1) is 5.92 Å². The Morgan fingerprint density at radius 1 is 1.50 bits per heavy atom. The smallest absolute Gasteiger partial charge is 0.337 e. The second-order valence-electron chi connectivity index (χ2n) is 2.37. The van der Waals surface area contributed by atoms with E-state index in [0.29, 0.717) is 0 Å². The summed E-state index contributed by atoms with van der Waals surface area (Å²) in [6, 6.07) is 0. The van der Waals surface area contributed by atoms with Crippen LogP contribution in [0.5, 0.6) is 0 Å². The Labute approximate surface area is 67.3 Å². The lowest BCUT2D eigenvalue weighted by Gasteiger charge is -2.11. The van der Waals surface area contributed by atoms with Crippen molar-refractivity contribution in [1.29, 1.82) is 0 Å². The fourth-order valence-electron chi connectivity index (χ4n) is 0.775. The number of ether oxygens (including phenoxy) is 1. The van der Waals surface area contributed by atoms with Crippen molar-refractivity contribution >= 4 is 5.91 Å². The number of hydrogen-bond donors (Lipinski definition) is 1. The van der Waals surface area contributed by atoms with Crippen LogP contribution in [0.2, 0.25) is 0 Å². The molecule has 4 heteroatoms. The van der Waals surface area contributed by atoms with Gasteiger partial charge in [-0.25, -0.2) is 4.79 Å². The van der Waals surface area contributed by atoms with Crippen molar-refractivity contribution in [2.45, 2.75) is 20.0 Å². The molecule has 0 aliphatic carbocycles. The molecule has 10 heavy (non-hydrogen) atoms. The summed E-state index contributed by atoms with van der Waals surface area (Å²) < 4.78 is 4.86. The number of carbonyl (C=O) groups is 1. The van der Waals surface area contributed by atoms with E-state index in [9.17, 15) is 4.79 Å². The third-order valence-corrected chi connectivity index (χ3v) is 1.18. The van der Waals surface area contributed by atoms with Crippen molar-refractivity contribution < 1.29 is 27.7 Å². The van der Waals surface area contributed by atoms with E-state index < -0.39 is 0 Å². The molecule has 0 heterocycles. The summed E-state index contributed by atoms with van der Waals surface area (Å²) in [4.78, 5) is 10.6. The maximum atomic E-state index is 10.6. The van der Waals surface area contributed by atoms with Crippen LogP contribution in [0.15, 0.2) is 0 Å². The molecule has 3 nitrogen and oxygen atoms in total. The highest BCUT2D eigenvalue weighted by molar-refractivity contribution is 5.70. The summed E-state index contributed by atoms with van der Waals surface area (Å²) in [6.45, 7) is 3.86. The summed E-state index contributed by atoms with van der Waals surface area (Å²) in [6.07, 6.45) is -0.329. The maximum Gasteiger partial charge on any atom is 0.337 e. The predicted octanol–water partition coefficient (Wildman–Crippen LogP) is -3.57. The quantitative estimate of drug-likeness (QED) is 0.473. The molecule has 0 spiro atoms. The van der Waals surface area contributed by atoms with Crippen LogP contribution in [-0.2, 0) is 9.53 Å². The van der Waals surface area contributed by atoms with Gasteiger partial charge in [-0.15, -0.1) is 0 Å². The zero-order chi connectivity index (χ0) is 7.44. The highest BCUT2D eigenvalue weighted by Gasteiger charge is 2.20. The Hall–Kier alpha value is -0.120. The number of methoxy groups -OCH3 is 1. The molecule has 0 aromatic rings. The number of quaternary nitrogens is 1. The van der Waals surface area contributed by atoms with Crippen LogP contribution in [0.4, 0.5) is 0 Å². The third-order valence-electron chi connectivity index (χ3n) is 1.18. The van der Waals surface area contributed by atoms with Gasteiger partial charge in [0.05, 0.1) is 0 Å². The highest BCUT2D eigenvalue weighted by Crippen LogP contribution is 2.02. The minimum Gasteiger partial charge on any atom is -1.00 e. The van der Waals surface area contributed by atoms with Crippen LogP contribution >= 0.6 is 0 Å². The largest absolute Gasteiger partial charge is 1.00 e. The fourth-order valence-corrected chi connectivity index (χ4v) is 0.775. The lowest BCUT2D eigenvalue weighted by Crippen LogP contribution is -3.00. The van der Waals surface area contributed by atoms with E-state index in [4.69, 9.17) is 4.74 Å². The topological polar surface area (TPSA) is 53.9 Å². The van der Waals surface area contributed by atoms with Crippen LogP contribution in [0.1, 0.15) is 13.8 Å². The van der Waals surface area contributed by atoms with Crippen molar-refractivity contribution in [3.8, 4) is 0 Å². The van der Waals surface area contributed by atoms with Crippen molar-refractivity contribution in [3.63, 3.8) is 0 Å². The molecule has 0 saturated heterocycles. The first-order chi connectivity index (χ1) is 4.09. The van der Waals surface area contributed by atoms with Crippen LogP contribution in [0.25, 0.3) is 0 Å². The van der Waals surface area contributed by atoms with Gasteiger partial charge in [-0.1, -0.05) is 13.8 Å². The fraction of sp³-hybridized carbons (Fsp3) is 0.833. The summed E-state index contributed by atoms with van der Waals surface area (Å²) in [5.74, 6) is 0.0764. The second kappa shape index (κ2) is 5.65. The average Bonchev–Trinajstić information content (AvgIpc) is 1.64. The SMILES string of the molecule is CO[C@@H](C([NH3+])=O)C(C)C.[Cl-]. The normalized spacial score (nSPS) is 12.5. The summed E-state index contributed by atoms with van der Waals surface area (Å²) in [7, 11) is 1.52. The molecule has 0 aromatic heterocycles. The summed E-state index contributed by atoms with van der Waals surface area (Å²) in [5, 5.41) is 0. The molecule has 62 valence electrons. The molecule has 1 amide bonds. The molecule has 0 saturated carbocycles. The van der Waals surface area contributed by atoms with E-state index in [1.807, 2.05) is 13.8 Å². The van der Waals surface area contributed by atoms with Crippen molar-refractivity contribution in [2.24, 2.45) is 5.92 Å². The Morgan fingerprint density at radius 2 is 1.90 bits per heavy atom. The lowest BCUT2D eigenvalue weighted by molar-refractivity contribution is -0.317. The van der Waals surface area contributed by atoms with Crippen LogP contribution in [-0.4, -0.2) is 19.1 Å². The van der Waals surface area contributed by atoms with Crippen molar-refractivity contribution in [2.75, 3.05) is 7.11 Å². The van der Waals surface area contributed by atoms with E-state index in [0.717, 1.165) is 0 Å². The van der Waals surface area contributed by atoms with E-state index >= 15 is 0 Å². The number of halogens is 1. The Kier molecular flexibility index (Phi) is 7.09. The highest BCUT2D eigenvalue weighted by atomic mass is 35.5. The van der Waals surface area contributed by atoms with Gasteiger partial charge in [-0.2, -0.15) is 0 Å². The molecule has 3 N–H and O–H groups in total. The predicted molar refractivity (Wildman–Crippen MR) is 33.5 cm³/mol. The molecule has 1 atom stereocenters. The lowest BCUT2D eigenvalue weighted by atomic mass is 10.1. The minimum atomic E-state index is -0.329. The standard InChI is InChI=1S/C6H13NO2.ClH/c1-4(2)5(9-3)6(7)8;/h4-5H,1-3H3,(H2,7,8);1H/t5-;/m1./s1. The second-order valence-corrected chi connectivity index (χ2v) is 2.37. The molecule has 0 aliphatic heterocycles. The molecule has 0 aromatic carbocycles. The molecule has 0 unspecified atom stereocenters. The summed E-state index contributed by atoms with van der Waals surface area (Å²) in [5.41, 5.74) is 3.27. The van der Waals surface area contributed by atoms with E-state index in [-0.39, 0.29) is 30.3 Å². The van der Waals surface area contributed by atoms with Gasteiger partial charge in [-0.3, -0.25) is 5.73 Å². The Balaban J connectivity index is 0. The monoisotopic (exact) mass is 167 g/mol. The van der Waals surface area contributed by atoms with Gasteiger partial charge >= 0.3 is 5.91 Å². The van der Waals surface area contributed by atoms with Gasteiger partial charge in [0.15, 0.2) is 6.10 Å². The van der Waals surface area contributed by atoms with E-state index in [1.54, 1.807) is 0 Å². The van der Waals surface area contributed by atoms with Crippen LogP contribution in [0.3, 0.4) is 0 Å². The van der Waals surface area contributed by atoms with Gasteiger partial charge in [-0.05, 0) is 5.92 Å². The average molecular weight is 168 g/mol. The van der Waals surface area contributed by atoms with Crippen molar-refractivity contribution in [1.82, 2.24) is 0 Å². The van der Waals surface area contributed by atoms with Gasteiger partial charge in [0.2, 0.25) is 0 Å².